The Hall–Kier alpha value is 1.48. The molecule has 0 aliphatic carbocycles. The predicted molar refractivity (Wildman–Crippen MR) is 70.2 cm³/mol. The first kappa shape index (κ1) is 18.5. The number of ether oxygens (including phenoxy) is 1. The fourth-order valence-electron chi connectivity index (χ4n) is 3.89. The van der Waals surface area contributed by atoms with Crippen LogP contribution in [0.25, 0.3) is 0 Å². The number of rotatable bonds is 3. The van der Waals surface area contributed by atoms with Gasteiger partial charge in [-0.05, 0) is 32.2 Å². The topological polar surface area (TPSA) is 38.8 Å². The second-order valence-electron chi connectivity index (χ2n) is 5.77. The van der Waals surface area contributed by atoms with Gasteiger partial charge in [0.1, 0.15) is 0 Å². The first-order valence-electron chi connectivity index (χ1n) is 6.99. The summed E-state index contributed by atoms with van der Waals surface area (Å²) in [5.74, 6) is 0. The van der Waals surface area contributed by atoms with Crippen molar-refractivity contribution in [1.29, 1.82) is 0 Å². The molecule has 5 heteroatoms. The molecule has 0 N–H and O–H groups in total. The summed E-state index contributed by atoms with van der Waals surface area (Å²) in [6.07, 6.45) is 4.71. The van der Waals surface area contributed by atoms with Crippen LogP contribution in [0.5, 0.6) is 0 Å². The smallest absolute Gasteiger partial charge is 0.853 e. The fraction of sp³-hybridized carbons (Fsp3) is 0.929. The third-order valence-electron chi connectivity index (χ3n) is 4.88. The zero-order valence-electron chi connectivity index (χ0n) is 12.6. The van der Waals surface area contributed by atoms with Gasteiger partial charge in [-0.25, -0.2) is 0 Å². The van der Waals surface area contributed by atoms with Crippen LogP contribution in [0.1, 0.15) is 25.7 Å². The standard InChI is InChI=1S/C13H23N2O2.CH3.K/c16-11-13-3-1-5-15(13)12(2-4-13)10-14-6-8-17-9-7-14;;/h12H,1-11H2;1H3;/q2*-1;+1. The molecule has 3 saturated heterocycles. The van der Waals surface area contributed by atoms with E-state index in [1.807, 2.05) is 0 Å². The summed E-state index contributed by atoms with van der Waals surface area (Å²) in [5.41, 5.74) is 0.0386. The van der Waals surface area contributed by atoms with Crippen molar-refractivity contribution in [3.05, 3.63) is 7.43 Å². The van der Waals surface area contributed by atoms with Gasteiger partial charge in [-0.3, -0.25) is 9.80 Å². The van der Waals surface area contributed by atoms with E-state index >= 15 is 0 Å². The Morgan fingerprint density at radius 1 is 1.16 bits per heavy atom. The normalized spacial score (nSPS) is 35.5. The molecule has 0 aromatic heterocycles. The van der Waals surface area contributed by atoms with Crippen LogP contribution in [0.4, 0.5) is 0 Å². The molecule has 0 radical (unpaired) electrons. The fourth-order valence-corrected chi connectivity index (χ4v) is 3.89. The predicted octanol–water partition coefficient (Wildman–Crippen LogP) is -2.87. The van der Waals surface area contributed by atoms with Gasteiger partial charge in [0.2, 0.25) is 0 Å². The van der Waals surface area contributed by atoms with Crippen molar-refractivity contribution in [3.8, 4) is 0 Å². The molecule has 0 spiro atoms. The van der Waals surface area contributed by atoms with Crippen LogP contribution >= 0.6 is 0 Å². The molecular weight excluding hydrogens is 267 g/mol. The van der Waals surface area contributed by atoms with Crippen molar-refractivity contribution < 1.29 is 61.2 Å². The SMILES string of the molecule is [CH3-].[K+].[O-]CC12CCCN1C(CN1CCOCC1)CC2. The first-order chi connectivity index (χ1) is 8.34. The molecule has 19 heavy (non-hydrogen) atoms. The Morgan fingerprint density at radius 2 is 1.89 bits per heavy atom. The number of nitrogens with zero attached hydrogens (tertiary/aromatic N) is 2. The van der Waals surface area contributed by atoms with E-state index in [4.69, 9.17) is 4.74 Å². The molecule has 0 aromatic carbocycles. The quantitative estimate of drug-likeness (QED) is 0.414. The molecular formula is C14H26KN2O2-. The molecule has 2 unspecified atom stereocenters. The summed E-state index contributed by atoms with van der Waals surface area (Å²) in [7, 11) is 0. The summed E-state index contributed by atoms with van der Waals surface area (Å²) < 4.78 is 5.39. The molecule has 4 nitrogen and oxygen atoms in total. The number of fused-ring (bicyclic) bond motifs is 1. The average molecular weight is 293 g/mol. The van der Waals surface area contributed by atoms with Crippen LogP contribution in [-0.2, 0) is 4.74 Å². The van der Waals surface area contributed by atoms with Crippen molar-refractivity contribution in [2.75, 3.05) is 46.0 Å². The zero-order chi connectivity index (χ0) is 11.7. The summed E-state index contributed by atoms with van der Waals surface area (Å²) in [6, 6.07) is 0.629. The van der Waals surface area contributed by atoms with Gasteiger partial charge in [0.25, 0.3) is 0 Å². The van der Waals surface area contributed by atoms with Crippen LogP contribution in [0.15, 0.2) is 0 Å². The zero-order valence-corrected chi connectivity index (χ0v) is 15.7. The van der Waals surface area contributed by atoms with Crippen molar-refractivity contribution in [2.24, 2.45) is 0 Å². The monoisotopic (exact) mass is 293 g/mol. The summed E-state index contributed by atoms with van der Waals surface area (Å²) in [5, 5.41) is 11.5. The number of morpholine rings is 1. The van der Waals surface area contributed by atoms with Crippen molar-refractivity contribution >= 4 is 0 Å². The Kier molecular flexibility index (Phi) is 7.99. The van der Waals surface area contributed by atoms with E-state index < -0.39 is 0 Å². The average Bonchev–Trinajstić information content (AvgIpc) is 2.92. The van der Waals surface area contributed by atoms with Crippen LogP contribution in [-0.4, -0.2) is 67.4 Å². The van der Waals surface area contributed by atoms with Crippen LogP contribution in [0.2, 0.25) is 0 Å². The molecule has 106 valence electrons. The van der Waals surface area contributed by atoms with E-state index in [-0.39, 0.29) is 71.0 Å². The van der Waals surface area contributed by atoms with Crippen molar-refractivity contribution in [2.45, 2.75) is 37.3 Å². The van der Waals surface area contributed by atoms with Crippen LogP contribution < -0.4 is 56.5 Å². The molecule has 0 bridgehead atoms. The molecule has 3 heterocycles. The molecule has 2 atom stereocenters. The second kappa shape index (κ2) is 8.20. The van der Waals surface area contributed by atoms with E-state index in [1.165, 1.54) is 12.8 Å². The minimum Gasteiger partial charge on any atom is -0.853 e. The van der Waals surface area contributed by atoms with Gasteiger partial charge in [0, 0.05) is 31.2 Å². The van der Waals surface area contributed by atoms with E-state index in [9.17, 15) is 5.11 Å². The number of hydrogen-bond acceptors (Lipinski definition) is 4. The third-order valence-corrected chi connectivity index (χ3v) is 4.88. The van der Waals surface area contributed by atoms with Gasteiger partial charge >= 0.3 is 51.4 Å². The largest absolute Gasteiger partial charge is 1.00 e. The first-order valence-corrected chi connectivity index (χ1v) is 6.99. The van der Waals surface area contributed by atoms with Crippen LogP contribution in [0.3, 0.4) is 0 Å². The molecule has 0 aromatic rings. The van der Waals surface area contributed by atoms with Crippen molar-refractivity contribution in [1.82, 2.24) is 9.80 Å². The van der Waals surface area contributed by atoms with E-state index in [0.29, 0.717) is 6.04 Å². The van der Waals surface area contributed by atoms with Crippen LogP contribution in [0, 0.1) is 7.43 Å². The van der Waals surface area contributed by atoms with Gasteiger partial charge in [0.15, 0.2) is 0 Å². The Bertz CT molecular complexity index is 274. The van der Waals surface area contributed by atoms with Gasteiger partial charge in [-0.2, -0.15) is 0 Å². The molecule has 3 fully saturated rings. The summed E-state index contributed by atoms with van der Waals surface area (Å²) >= 11 is 0. The Labute approximate surface area is 160 Å². The van der Waals surface area contributed by atoms with E-state index in [0.717, 1.165) is 52.2 Å². The molecule has 3 rings (SSSR count). The summed E-state index contributed by atoms with van der Waals surface area (Å²) in [4.78, 5) is 5.04. The molecule has 3 aliphatic rings. The number of hydrogen-bond donors (Lipinski definition) is 0. The second-order valence-corrected chi connectivity index (χ2v) is 5.77. The molecule has 0 saturated carbocycles. The van der Waals surface area contributed by atoms with Gasteiger partial charge in [0.05, 0.1) is 13.2 Å². The minimum absolute atomic E-state index is 0. The van der Waals surface area contributed by atoms with E-state index in [2.05, 4.69) is 9.80 Å². The summed E-state index contributed by atoms with van der Waals surface area (Å²) in [6.45, 7) is 6.28. The van der Waals surface area contributed by atoms with E-state index in [1.54, 1.807) is 0 Å². The van der Waals surface area contributed by atoms with Crippen molar-refractivity contribution in [3.63, 3.8) is 0 Å². The molecule has 0 amide bonds. The maximum Gasteiger partial charge on any atom is 1.00 e. The van der Waals surface area contributed by atoms with Gasteiger partial charge < -0.3 is 17.3 Å². The molecule has 3 aliphatic heterocycles. The maximum absolute atomic E-state index is 11.5. The maximum atomic E-state index is 11.5. The third kappa shape index (κ3) is 3.82. The van der Waals surface area contributed by atoms with Gasteiger partial charge in [-0.1, -0.05) is 0 Å². The minimum atomic E-state index is 0. The Balaban J connectivity index is 0.000000902. The van der Waals surface area contributed by atoms with Gasteiger partial charge in [-0.15, -0.1) is 6.61 Å². The Morgan fingerprint density at radius 3 is 2.58 bits per heavy atom.